The van der Waals surface area contributed by atoms with Crippen LogP contribution in [0, 0.1) is 17.8 Å². The number of ether oxygens (including phenoxy) is 1. The SMILES string of the molecule is CC1CC[C@@H](C(C)C)[C@@H](OC(=O)[C@@H]2CCC(=O)N2)C1. The highest BCUT2D eigenvalue weighted by molar-refractivity contribution is 5.88. The number of hydrogen-bond donors (Lipinski definition) is 1. The topological polar surface area (TPSA) is 55.4 Å². The van der Waals surface area contributed by atoms with Crippen LogP contribution in [0.15, 0.2) is 0 Å². The summed E-state index contributed by atoms with van der Waals surface area (Å²) in [5.74, 6) is 1.32. The van der Waals surface area contributed by atoms with Gasteiger partial charge < -0.3 is 10.1 Å². The molecule has 0 aromatic heterocycles. The summed E-state index contributed by atoms with van der Waals surface area (Å²) in [6.45, 7) is 6.60. The van der Waals surface area contributed by atoms with E-state index in [0.717, 1.165) is 12.8 Å². The number of carbonyl (C=O) groups is 2. The van der Waals surface area contributed by atoms with Crippen LogP contribution >= 0.6 is 0 Å². The van der Waals surface area contributed by atoms with Gasteiger partial charge in [-0.1, -0.05) is 27.2 Å². The second-order valence-electron chi connectivity index (χ2n) is 6.46. The van der Waals surface area contributed by atoms with Crippen molar-refractivity contribution in [2.24, 2.45) is 17.8 Å². The fraction of sp³-hybridized carbons (Fsp3) is 0.867. The first-order valence-electron chi connectivity index (χ1n) is 7.47. The molecule has 1 amide bonds. The predicted octanol–water partition coefficient (Wildman–Crippen LogP) is 2.27. The van der Waals surface area contributed by atoms with E-state index in [-0.39, 0.29) is 18.0 Å². The van der Waals surface area contributed by atoms with Gasteiger partial charge in [-0.15, -0.1) is 0 Å². The van der Waals surface area contributed by atoms with E-state index >= 15 is 0 Å². The zero-order valence-corrected chi connectivity index (χ0v) is 12.1. The second-order valence-corrected chi connectivity index (χ2v) is 6.46. The van der Waals surface area contributed by atoms with Gasteiger partial charge in [0, 0.05) is 6.42 Å². The molecule has 1 heterocycles. The van der Waals surface area contributed by atoms with E-state index in [2.05, 4.69) is 26.1 Å². The predicted molar refractivity (Wildman–Crippen MR) is 72.4 cm³/mol. The Morgan fingerprint density at radius 1 is 1.32 bits per heavy atom. The van der Waals surface area contributed by atoms with Crippen LogP contribution in [0.1, 0.15) is 52.9 Å². The highest BCUT2D eigenvalue weighted by atomic mass is 16.5. The Bertz CT molecular complexity index is 353. The van der Waals surface area contributed by atoms with Gasteiger partial charge in [-0.3, -0.25) is 4.79 Å². The molecule has 1 aliphatic heterocycles. The number of amides is 1. The lowest BCUT2D eigenvalue weighted by Gasteiger charge is -2.37. The van der Waals surface area contributed by atoms with Gasteiger partial charge in [0.2, 0.25) is 5.91 Å². The van der Waals surface area contributed by atoms with E-state index in [0.29, 0.717) is 30.6 Å². The van der Waals surface area contributed by atoms with E-state index in [1.54, 1.807) is 0 Å². The minimum Gasteiger partial charge on any atom is -0.461 e. The normalized spacial score (nSPS) is 35.3. The number of hydrogen-bond acceptors (Lipinski definition) is 3. The summed E-state index contributed by atoms with van der Waals surface area (Å²) in [6.07, 6.45) is 4.34. The van der Waals surface area contributed by atoms with Gasteiger partial charge in [0.15, 0.2) is 0 Å². The van der Waals surface area contributed by atoms with Gasteiger partial charge in [0.05, 0.1) is 0 Å². The molecule has 0 radical (unpaired) electrons. The molecular weight excluding hydrogens is 242 g/mol. The molecule has 1 N–H and O–H groups in total. The van der Waals surface area contributed by atoms with Crippen LogP contribution in [0.2, 0.25) is 0 Å². The van der Waals surface area contributed by atoms with Crippen molar-refractivity contribution < 1.29 is 14.3 Å². The first-order valence-corrected chi connectivity index (χ1v) is 7.47. The number of nitrogens with one attached hydrogen (secondary N) is 1. The van der Waals surface area contributed by atoms with Crippen molar-refractivity contribution in [2.45, 2.75) is 65.0 Å². The van der Waals surface area contributed by atoms with Crippen molar-refractivity contribution in [3.63, 3.8) is 0 Å². The highest BCUT2D eigenvalue weighted by Crippen LogP contribution is 2.35. The third kappa shape index (κ3) is 3.48. The average Bonchev–Trinajstić information content (AvgIpc) is 2.75. The van der Waals surface area contributed by atoms with Crippen molar-refractivity contribution in [3.8, 4) is 0 Å². The minimum absolute atomic E-state index is 0.0220. The van der Waals surface area contributed by atoms with Gasteiger partial charge in [-0.2, -0.15) is 0 Å². The second kappa shape index (κ2) is 5.93. The third-order valence-corrected chi connectivity index (χ3v) is 4.51. The van der Waals surface area contributed by atoms with Crippen LogP contribution in [0.4, 0.5) is 0 Å². The minimum atomic E-state index is -0.419. The molecule has 0 aromatic rings. The molecule has 1 saturated heterocycles. The lowest BCUT2D eigenvalue weighted by atomic mass is 9.75. The Labute approximate surface area is 115 Å². The van der Waals surface area contributed by atoms with Crippen molar-refractivity contribution >= 4 is 11.9 Å². The molecule has 1 unspecified atom stereocenters. The summed E-state index contributed by atoms with van der Waals surface area (Å²) in [5, 5.41) is 2.69. The molecule has 2 rings (SSSR count). The smallest absolute Gasteiger partial charge is 0.328 e. The van der Waals surface area contributed by atoms with Crippen molar-refractivity contribution in [1.29, 1.82) is 0 Å². The Hall–Kier alpha value is -1.06. The van der Waals surface area contributed by atoms with Gasteiger partial charge in [0.1, 0.15) is 12.1 Å². The molecule has 2 aliphatic rings. The maximum atomic E-state index is 12.1. The molecule has 2 fully saturated rings. The molecule has 108 valence electrons. The van der Waals surface area contributed by atoms with Gasteiger partial charge in [-0.05, 0) is 37.0 Å². The van der Waals surface area contributed by atoms with Gasteiger partial charge in [0.25, 0.3) is 0 Å². The molecule has 0 aromatic carbocycles. The van der Waals surface area contributed by atoms with Gasteiger partial charge >= 0.3 is 5.97 Å². The monoisotopic (exact) mass is 267 g/mol. The van der Waals surface area contributed by atoms with Crippen molar-refractivity contribution in [2.75, 3.05) is 0 Å². The van der Waals surface area contributed by atoms with E-state index in [4.69, 9.17) is 4.74 Å². The summed E-state index contributed by atoms with van der Waals surface area (Å²) in [4.78, 5) is 23.3. The van der Waals surface area contributed by atoms with E-state index in [1.807, 2.05) is 0 Å². The van der Waals surface area contributed by atoms with Crippen LogP contribution in [-0.4, -0.2) is 24.0 Å². The fourth-order valence-corrected chi connectivity index (χ4v) is 3.27. The van der Waals surface area contributed by atoms with Crippen LogP contribution < -0.4 is 5.32 Å². The molecular formula is C15H25NO3. The summed E-state index contributed by atoms with van der Waals surface area (Å²) in [6, 6.07) is -0.419. The lowest BCUT2D eigenvalue weighted by Crippen LogP contribution is -2.41. The molecule has 19 heavy (non-hydrogen) atoms. The molecule has 0 bridgehead atoms. The average molecular weight is 267 g/mol. The molecule has 4 nitrogen and oxygen atoms in total. The molecule has 0 spiro atoms. The molecule has 4 heteroatoms. The Morgan fingerprint density at radius 3 is 2.63 bits per heavy atom. The molecule has 1 saturated carbocycles. The number of carbonyl (C=O) groups excluding carboxylic acids is 2. The maximum Gasteiger partial charge on any atom is 0.328 e. The summed E-state index contributed by atoms with van der Waals surface area (Å²) < 4.78 is 5.71. The zero-order chi connectivity index (χ0) is 14.0. The van der Waals surface area contributed by atoms with E-state index < -0.39 is 6.04 Å². The summed E-state index contributed by atoms with van der Waals surface area (Å²) >= 11 is 0. The number of rotatable bonds is 3. The number of esters is 1. The quantitative estimate of drug-likeness (QED) is 0.798. The summed E-state index contributed by atoms with van der Waals surface area (Å²) in [5.41, 5.74) is 0. The van der Waals surface area contributed by atoms with E-state index in [1.165, 1.54) is 6.42 Å². The van der Waals surface area contributed by atoms with Crippen molar-refractivity contribution in [3.05, 3.63) is 0 Å². The van der Waals surface area contributed by atoms with Crippen LogP contribution in [0.3, 0.4) is 0 Å². The van der Waals surface area contributed by atoms with E-state index in [9.17, 15) is 9.59 Å². The largest absolute Gasteiger partial charge is 0.461 e. The first kappa shape index (κ1) is 14.4. The van der Waals surface area contributed by atoms with Crippen LogP contribution in [0.25, 0.3) is 0 Å². The molecule has 1 aliphatic carbocycles. The Morgan fingerprint density at radius 2 is 2.05 bits per heavy atom. The third-order valence-electron chi connectivity index (χ3n) is 4.51. The standard InChI is InChI=1S/C15H25NO3/c1-9(2)11-5-4-10(3)8-13(11)19-15(18)12-6-7-14(17)16-12/h9-13H,4-8H2,1-3H3,(H,16,17)/t10?,11-,12-,13-/m0/s1. The van der Waals surface area contributed by atoms with Crippen molar-refractivity contribution in [1.82, 2.24) is 5.32 Å². The van der Waals surface area contributed by atoms with Crippen LogP contribution in [0.5, 0.6) is 0 Å². The Balaban J connectivity index is 1.94. The Kier molecular flexibility index (Phi) is 4.48. The summed E-state index contributed by atoms with van der Waals surface area (Å²) in [7, 11) is 0. The van der Waals surface area contributed by atoms with Crippen LogP contribution in [-0.2, 0) is 14.3 Å². The zero-order valence-electron chi connectivity index (χ0n) is 12.1. The maximum absolute atomic E-state index is 12.1. The van der Waals surface area contributed by atoms with Gasteiger partial charge in [-0.25, -0.2) is 4.79 Å². The molecule has 4 atom stereocenters. The first-order chi connectivity index (χ1) is 8.97. The fourth-order valence-electron chi connectivity index (χ4n) is 3.27. The lowest BCUT2D eigenvalue weighted by molar-refractivity contribution is -0.158. The highest BCUT2D eigenvalue weighted by Gasteiger charge is 2.36.